The van der Waals surface area contributed by atoms with Crippen LogP contribution in [0.1, 0.15) is 12.8 Å². The van der Waals surface area contributed by atoms with Crippen LogP contribution >= 0.6 is 0 Å². The second-order valence-electron chi connectivity index (χ2n) is 11.1. The van der Waals surface area contributed by atoms with Crippen molar-refractivity contribution >= 4 is 21.7 Å². The molecule has 12 nitrogen and oxygen atoms in total. The van der Waals surface area contributed by atoms with Gasteiger partial charge in [0.15, 0.2) is 9.84 Å². The van der Waals surface area contributed by atoms with Crippen LogP contribution in [0.15, 0.2) is 0 Å². The molecule has 210 valence electrons. The lowest BCUT2D eigenvalue weighted by molar-refractivity contribution is -0.140. The van der Waals surface area contributed by atoms with Crippen molar-refractivity contribution in [1.82, 2.24) is 36.2 Å². The monoisotopic (exact) mass is 548 g/mol. The Bertz CT molecular complexity index is 978. The van der Waals surface area contributed by atoms with Gasteiger partial charge in [-0.3, -0.25) is 19.8 Å². The van der Waals surface area contributed by atoms with E-state index in [0.717, 1.165) is 0 Å². The van der Waals surface area contributed by atoms with E-state index in [1.165, 1.54) is 6.26 Å². The molecule has 0 radical (unpaired) electrons. The predicted molar refractivity (Wildman–Crippen MR) is 131 cm³/mol. The Morgan fingerprint density at radius 1 is 1.05 bits per heavy atom. The molecule has 0 spiro atoms. The summed E-state index contributed by atoms with van der Waals surface area (Å²) in [4.78, 5) is 29.8. The number of alkyl halides is 2. The number of fused-ring (bicyclic) bond motifs is 1. The maximum Gasteiger partial charge on any atom is 0.229 e. The highest BCUT2D eigenvalue weighted by molar-refractivity contribution is 7.91. The number of carbonyl (C=O) groups is 2. The number of hydrogen-bond donors (Lipinski definition) is 5. The van der Waals surface area contributed by atoms with Crippen LogP contribution < -0.4 is 27.1 Å². The largest absolute Gasteiger partial charge is 0.350 e. The predicted octanol–water partition coefficient (Wildman–Crippen LogP) is -3.26. The molecule has 5 fully saturated rings. The summed E-state index contributed by atoms with van der Waals surface area (Å²) in [6.45, 7) is 2.36. The summed E-state index contributed by atoms with van der Waals surface area (Å²) in [5.41, 5.74) is 9.13. The average molecular weight is 549 g/mol. The van der Waals surface area contributed by atoms with Gasteiger partial charge in [-0.15, -0.1) is 0 Å². The van der Waals surface area contributed by atoms with E-state index in [2.05, 4.69) is 21.4 Å². The topological polar surface area (TPSA) is 152 Å². The first-order chi connectivity index (χ1) is 17.5. The number of amides is 2. The molecule has 5 rings (SSSR count). The SMILES string of the molecule is CS(=O)(=O)C1CN(C(=O)C2CCN(C3C(F)CNCC3NC(=O)C3C(N)NN4CC(F)CNC34)CC2)C1. The van der Waals surface area contributed by atoms with E-state index in [1.54, 1.807) is 9.91 Å². The molecule has 0 aromatic carbocycles. The molecule has 7 unspecified atom stereocenters. The third-order valence-corrected chi connectivity index (χ3v) is 10.0. The Balaban J connectivity index is 1.17. The molecule has 0 aromatic rings. The van der Waals surface area contributed by atoms with Gasteiger partial charge in [-0.05, 0) is 25.9 Å². The Morgan fingerprint density at radius 2 is 1.76 bits per heavy atom. The molecule has 15 heteroatoms. The van der Waals surface area contributed by atoms with Crippen LogP contribution in [0.25, 0.3) is 0 Å². The van der Waals surface area contributed by atoms with Crippen LogP contribution in [-0.2, 0) is 19.4 Å². The van der Waals surface area contributed by atoms with Crippen LogP contribution in [0, 0.1) is 11.8 Å². The van der Waals surface area contributed by atoms with Gasteiger partial charge in [0, 0.05) is 51.4 Å². The Kier molecular flexibility index (Phi) is 7.75. The van der Waals surface area contributed by atoms with Crippen molar-refractivity contribution in [1.29, 1.82) is 0 Å². The smallest absolute Gasteiger partial charge is 0.229 e. The van der Waals surface area contributed by atoms with Crippen molar-refractivity contribution in [2.24, 2.45) is 17.6 Å². The zero-order valence-electron chi connectivity index (χ0n) is 21.0. The Hall–Kier alpha value is -1.49. The molecular formula is C22H38F2N8O4S. The Labute approximate surface area is 215 Å². The molecule has 0 saturated carbocycles. The molecule has 0 aromatic heterocycles. The van der Waals surface area contributed by atoms with Crippen molar-refractivity contribution in [2.45, 2.75) is 54.9 Å². The molecule has 5 aliphatic heterocycles. The van der Waals surface area contributed by atoms with Gasteiger partial charge < -0.3 is 21.3 Å². The van der Waals surface area contributed by atoms with Gasteiger partial charge in [-0.1, -0.05) is 0 Å². The summed E-state index contributed by atoms with van der Waals surface area (Å²) in [7, 11) is -3.15. The van der Waals surface area contributed by atoms with E-state index in [0.29, 0.717) is 32.5 Å². The third-order valence-electron chi connectivity index (χ3n) is 8.50. The first kappa shape index (κ1) is 27.1. The van der Waals surface area contributed by atoms with Gasteiger partial charge in [0.25, 0.3) is 0 Å². The third kappa shape index (κ3) is 5.49. The number of nitrogens with two attached hydrogens (primary N) is 1. The van der Waals surface area contributed by atoms with Crippen LogP contribution in [0.5, 0.6) is 0 Å². The number of piperidine rings is 2. The van der Waals surface area contributed by atoms with E-state index in [-0.39, 0.29) is 50.5 Å². The number of carbonyl (C=O) groups excluding carboxylic acids is 2. The lowest BCUT2D eigenvalue weighted by Gasteiger charge is -2.46. The summed E-state index contributed by atoms with van der Waals surface area (Å²) < 4.78 is 52.3. The van der Waals surface area contributed by atoms with Crippen molar-refractivity contribution in [3.63, 3.8) is 0 Å². The summed E-state index contributed by atoms with van der Waals surface area (Å²) in [5.74, 6) is -1.22. The number of nitrogens with one attached hydrogen (secondary N) is 4. The van der Waals surface area contributed by atoms with Crippen molar-refractivity contribution in [3.05, 3.63) is 0 Å². The van der Waals surface area contributed by atoms with E-state index in [1.807, 2.05) is 4.90 Å². The fourth-order valence-corrected chi connectivity index (χ4v) is 7.24. The van der Waals surface area contributed by atoms with Crippen molar-refractivity contribution < 1.29 is 26.8 Å². The van der Waals surface area contributed by atoms with Gasteiger partial charge in [-0.2, -0.15) is 0 Å². The fourth-order valence-electron chi connectivity index (χ4n) is 6.34. The van der Waals surface area contributed by atoms with Crippen molar-refractivity contribution in [2.75, 3.05) is 58.6 Å². The summed E-state index contributed by atoms with van der Waals surface area (Å²) in [6, 6.07) is -1.04. The Morgan fingerprint density at radius 3 is 2.43 bits per heavy atom. The summed E-state index contributed by atoms with van der Waals surface area (Å²) in [6.07, 6.45) is -1.10. The highest BCUT2D eigenvalue weighted by atomic mass is 32.2. The number of sulfone groups is 1. The van der Waals surface area contributed by atoms with E-state index in [4.69, 9.17) is 5.73 Å². The molecule has 37 heavy (non-hydrogen) atoms. The maximum atomic E-state index is 15.2. The van der Waals surface area contributed by atoms with Crippen LogP contribution in [0.2, 0.25) is 0 Å². The number of rotatable bonds is 5. The number of likely N-dealkylation sites (tertiary alicyclic amines) is 2. The minimum Gasteiger partial charge on any atom is -0.350 e. The summed E-state index contributed by atoms with van der Waals surface area (Å²) in [5, 5.41) is 10.2. The molecule has 6 N–H and O–H groups in total. The van der Waals surface area contributed by atoms with Gasteiger partial charge in [-0.25, -0.2) is 27.6 Å². The number of nitrogens with zero attached hydrogens (tertiary/aromatic N) is 3. The average Bonchev–Trinajstić information content (AvgIpc) is 3.12. The lowest BCUT2D eigenvalue weighted by Crippen LogP contribution is -2.67. The fraction of sp³-hybridized carbons (Fsp3) is 0.909. The molecule has 5 heterocycles. The molecule has 5 saturated heterocycles. The first-order valence-corrected chi connectivity index (χ1v) is 15.0. The number of hydrogen-bond acceptors (Lipinski definition) is 10. The minimum atomic E-state index is -3.15. The molecule has 0 aliphatic carbocycles. The minimum absolute atomic E-state index is 0.0331. The number of halogens is 2. The van der Waals surface area contributed by atoms with E-state index < -0.39 is 57.8 Å². The molecule has 7 atom stereocenters. The van der Waals surface area contributed by atoms with Crippen LogP contribution in [-0.4, -0.2) is 136 Å². The maximum absolute atomic E-state index is 15.2. The molecule has 2 amide bonds. The van der Waals surface area contributed by atoms with Gasteiger partial charge >= 0.3 is 0 Å². The van der Waals surface area contributed by atoms with E-state index >= 15 is 4.39 Å². The van der Waals surface area contributed by atoms with E-state index in [9.17, 15) is 22.4 Å². The highest BCUT2D eigenvalue weighted by Gasteiger charge is 2.49. The standard InChI is InChI=1S/C22H38F2N8O4S/c1-37(35,36)14-10-31(11-14)22(34)12-2-4-30(5-3-12)18-15(24)7-26-8-16(18)28-21(33)17-19(25)29-32-9-13(23)6-27-20(17)32/h12-20,26-27,29H,2-11,25H2,1H3,(H,28,33). The quantitative estimate of drug-likeness (QED) is 0.237. The highest BCUT2D eigenvalue weighted by Crippen LogP contribution is 2.28. The lowest BCUT2D eigenvalue weighted by atomic mass is 9.89. The zero-order valence-corrected chi connectivity index (χ0v) is 21.8. The molecular weight excluding hydrogens is 510 g/mol. The van der Waals surface area contributed by atoms with Crippen LogP contribution in [0.4, 0.5) is 8.78 Å². The van der Waals surface area contributed by atoms with Gasteiger partial charge in [0.1, 0.15) is 12.3 Å². The van der Waals surface area contributed by atoms with Crippen molar-refractivity contribution in [3.8, 4) is 0 Å². The second kappa shape index (κ2) is 10.6. The molecule has 0 bridgehead atoms. The normalized spacial score (nSPS) is 38.7. The van der Waals surface area contributed by atoms with Gasteiger partial charge in [0.05, 0.1) is 35.6 Å². The molecule has 5 aliphatic rings. The number of hydrazine groups is 1. The zero-order chi connectivity index (χ0) is 26.5. The van der Waals surface area contributed by atoms with Crippen LogP contribution in [0.3, 0.4) is 0 Å². The summed E-state index contributed by atoms with van der Waals surface area (Å²) >= 11 is 0. The second-order valence-corrected chi connectivity index (χ2v) is 13.4. The van der Waals surface area contributed by atoms with Gasteiger partial charge in [0.2, 0.25) is 11.8 Å². The first-order valence-electron chi connectivity index (χ1n) is 13.1.